The summed E-state index contributed by atoms with van der Waals surface area (Å²) in [5.41, 5.74) is -0.0104. The Morgan fingerprint density at radius 3 is 2.76 bits per heavy atom. The quantitative estimate of drug-likeness (QED) is 0.891. The van der Waals surface area contributed by atoms with Gasteiger partial charge < -0.3 is 15.3 Å². The van der Waals surface area contributed by atoms with Gasteiger partial charge >= 0.3 is 6.09 Å². The Kier molecular flexibility index (Phi) is 4.12. The van der Waals surface area contributed by atoms with E-state index in [4.69, 9.17) is 0 Å². The average Bonchev–Trinajstić information content (AvgIpc) is 2.81. The van der Waals surface area contributed by atoms with E-state index in [0.717, 1.165) is 12.8 Å². The molecule has 1 saturated heterocycles. The molecule has 2 rings (SSSR count). The summed E-state index contributed by atoms with van der Waals surface area (Å²) in [6.45, 7) is 7.20. The Balaban J connectivity index is 2.24. The largest absolute Gasteiger partial charge is 0.465 e. The summed E-state index contributed by atoms with van der Waals surface area (Å²) in [4.78, 5) is 13.1. The van der Waals surface area contributed by atoms with Gasteiger partial charge in [-0.05, 0) is 36.5 Å². The van der Waals surface area contributed by atoms with E-state index < -0.39 is 11.6 Å². The lowest BCUT2D eigenvalue weighted by molar-refractivity contribution is 0.0400. The number of hydrogen-bond donors (Lipinski definition) is 2. The zero-order chi connectivity index (χ0) is 15.7. The number of anilines is 1. The second-order valence-electron chi connectivity index (χ2n) is 6.68. The molecule has 1 atom stereocenters. The van der Waals surface area contributed by atoms with Gasteiger partial charge in [-0.2, -0.15) is 0 Å². The lowest BCUT2D eigenvalue weighted by Gasteiger charge is -2.47. The van der Waals surface area contributed by atoms with Gasteiger partial charge in [-0.15, -0.1) is 0 Å². The Morgan fingerprint density at radius 2 is 2.19 bits per heavy atom. The molecular formula is C16H23FN2O2. The van der Waals surface area contributed by atoms with Crippen LogP contribution in [0.4, 0.5) is 14.9 Å². The molecule has 0 radical (unpaired) electrons. The molecule has 0 bridgehead atoms. The maximum atomic E-state index is 13.3. The van der Waals surface area contributed by atoms with Gasteiger partial charge in [-0.1, -0.05) is 26.8 Å². The fraction of sp³-hybridized carbons (Fsp3) is 0.562. The molecule has 0 saturated carbocycles. The minimum Gasteiger partial charge on any atom is -0.465 e. The van der Waals surface area contributed by atoms with Gasteiger partial charge in [0, 0.05) is 18.8 Å². The third-order valence-corrected chi connectivity index (χ3v) is 4.53. The van der Waals surface area contributed by atoms with Crippen LogP contribution in [0, 0.1) is 11.2 Å². The van der Waals surface area contributed by atoms with Crippen molar-refractivity contribution < 1.29 is 14.3 Å². The van der Waals surface area contributed by atoms with E-state index in [1.54, 1.807) is 17.0 Å². The van der Waals surface area contributed by atoms with Crippen LogP contribution in [0.15, 0.2) is 24.3 Å². The molecule has 1 aromatic carbocycles. The number of carbonyl (C=O) groups is 1. The molecule has 1 aliphatic rings. The van der Waals surface area contributed by atoms with Gasteiger partial charge in [-0.3, -0.25) is 0 Å². The summed E-state index contributed by atoms with van der Waals surface area (Å²) in [6, 6.07) is 6.25. The van der Waals surface area contributed by atoms with Gasteiger partial charge in [0.15, 0.2) is 0 Å². The predicted molar refractivity (Wildman–Crippen MR) is 81.0 cm³/mol. The summed E-state index contributed by atoms with van der Waals surface area (Å²) in [5.74, 6) is -0.300. The lowest BCUT2D eigenvalue weighted by atomic mass is 9.71. The maximum Gasteiger partial charge on any atom is 0.407 e. The van der Waals surface area contributed by atoms with Crippen LogP contribution in [-0.2, 0) is 0 Å². The van der Waals surface area contributed by atoms with Crippen molar-refractivity contribution >= 4 is 11.8 Å². The van der Waals surface area contributed by atoms with Crippen molar-refractivity contribution in [2.45, 2.75) is 39.2 Å². The Labute approximate surface area is 125 Å². The monoisotopic (exact) mass is 294 g/mol. The highest BCUT2D eigenvalue weighted by Gasteiger charge is 2.51. The first-order valence-corrected chi connectivity index (χ1v) is 7.26. The van der Waals surface area contributed by atoms with Gasteiger partial charge in [0.2, 0.25) is 0 Å². The number of rotatable bonds is 3. The van der Waals surface area contributed by atoms with E-state index >= 15 is 0 Å². The van der Waals surface area contributed by atoms with Gasteiger partial charge in [-0.25, -0.2) is 9.18 Å². The van der Waals surface area contributed by atoms with E-state index in [9.17, 15) is 14.3 Å². The summed E-state index contributed by atoms with van der Waals surface area (Å²) in [7, 11) is 0. The van der Waals surface area contributed by atoms with E-state index in [1.165, 1.54) is 12.1 Å². The summed E-state index contributed by atoms with van der Waals surface area (Å²) in [5, 5.41) is 12.7. The number of carboxylic acid groups (broad SMARTS) is 1. The van der Waals surface area contributed by atoms with Crippen molar-refractivity contribution in [3.63, 3.8) is 0 Å². The molecule has 1 aromatic rings. The third-order valence-electron chi connectivity index (χ3n) is 4.53. The van der Waals surface area contributed by atoms with Crippen molar-refractivity contribution in [2.24, 2.45) is 5.41 Å². The Morgan fingerprint density at radius 1 is 1.48 bits per heavy atom. The van der Waals surface area contributed by atoms with Gasteiger partial charge in [0.05, 0.1) is 5.54 Å². The highest BCUT2D eigenvalue weighted by atomic mass is 19.1. The number of likely N-dealkylation sites (tertiary alicyclic amines) is 1. The van der Waals surface area contributed by atoms with Crippen LogP contribution in [0.1, 0.15) is 33.6 Å². The first-order valence-electron chi connectivity index (χ1n) is 7.26. The second-order valence-corrected chi connectivity index (χ2v) is 6.68. The highest BCUT2D eigenvalue weighted by molar-refractivity contribution is 5.67. The number of benzene rings is 1. The first kappa shape index (κ1) is 15.6. The zero-order valence-corrected chi connectivity index (χ0v) is 12.8. The molecule has 2 N–H and O–H groups in total. The fourth-order valence-electron chi connectivity index (χ4n) is 3.23. The number of halogens is 1. The normalized spacial score (nSPS) is 22.4. The summed E-state index contributed by atoms with van der Waals surface area (Å²) >= 11 is 0. The third kappa shape index (κ3) is 2.96. The smallest absolute Gasteiger partial charge is 0.407 e. The summed E-state index contributed by atoms with van der Waals surface area (Å²) < 4.78 is 13.3. The lowest BCUT2D eigenvalue weighted by Crippen LogP contribution is -2.59. The molecule has 1 aliphatic heterocycles. The van der Waals surface area contributed by atoms with Gasteiger partial charge in [0.1, 0.15) is 5.82 Å². The van der Waals surface area contributed by atoms with E-state index in [0.29, 0.717) is 18.8 Å². The number of amides is 1. The highest BCUT2D eigenvalue weighted by Crippen LogP contribution is 2.43. The molecule has 1 unspecified atom stereocenters. The van der Waals surface area contributed by atoms with Crippen LogP contribution in [0.3, 0.4) is 0 Å². The minimum atomic E-state index is -0.886. The van der Waals surface area contributed by atoms with Crippen LogP contribution in [0.2, 0.25) is 0 Å². The van der Waals surface area contributed by atoms with E-state index in [-0.39, 0.29) is 11.2 Å². The predicted octanol–water partition coefficient (Wildman–Crippen LogP) is 3.80. The average molecular weight is 294 g/mol. The van der Waals surface area contributed by atoms with Crippen molar-refractivity contribution in [1.29, 1.82) is 0 Å². The van der Waals surface area contributed by atoms with Crippen molar-refractivity contribution in [3.8, 4) is 0 Å². The van der Waals surface area contributed by atoms with Crippen molar-refractivity contribution in [1.82, 2.24) is 4.90 Å². The Bertz CT molecular complexity index is 527. The van der Waals surface area contributed by atoms with Crippen molar-refractivity contribution in [3.05, 3.63) is 30.1 Å². The molecule has 21 heavy (non-hydrogen) atoms. The molecule has 5 heteroatoms. The van der Waals surface area contributed by atoms with Crippen LogP contribution >= 0.6 is 0 Å². The second kappa shape index (κ2) is 5.54. The van der Waals surface area contributed by atoms with Gasteiger partial charge in [0.25, 0.3) is 0 Å². The maximum absolute atomic E-state index is 13.3. The van der Waals surface area contributed by atoms with Crippen LogP contribution in [0.25, 0.3) is 0 Å². The van der Waals surface area contributed by atoms with E-state index in [1.807, 2.05) is 0 Å². The fourth-order valence-corrected chi connectivity index (χ4v) is 3.23. The first-order chi connectivity index (χ1) is 9.76. The van der Waals surface area contributed by atoms with Crippen LogP contribution in [0.5, 0.6) is 0 Å². The van der Waals surface area contributed by atoms with Crippen molar-refractivity contribution in [2.75, 3.05) is 18.4 Å². The summed E-state index contributed by atoms with van der Waals surface area (Å²) in [6.07, 6.45) is 0.781. The standard InChI is InChI=1S/C16H23FN2O2/c1-15(2,3)16(8-5-9-19(16)14(20)21)11-18-13-7-4-6-12(17)10-13/h4,6-7,10,18H,5,8-9,11H2,1-3H3,(H,20,21). The molecule has 0 aliphatic carbocycles. The minimum absolute atomic E-state index is 0.206. The SMILES string of the molecule is CC(C)(C)C1(CNc2cccc(F)c2)CCCN1C(=O)O. The van der Waals surface area contributed by atoms with Crippen LogP contribution < -0.4 is 5.32 Å². The zero-order valence-electron chi connectivity index (χ0n) is 12.8. The molecule has 4 nitrogen and oxygen atoms in total. The topological polar surface area (TPSA) is 52.6 Å². The molecule has 116 valence electrons. The number of nitrogens with one attached hydrogen (secondary N) is 1. The molecule has 1 heterocycles. The molecular weight excluding hydrogens is 271 g/mol. The number of nitrogens with zero attached hydrogens (tertiary/aromatic N) is 1. The van der Waals surface area contributed by atoms with Crippen LogP contribution in [-0.4, -0.2) is 34.7 Å². The molecule has 1 fully saturated rings. The number of hydrogen-bond acceptors (Lipinski definition) is 2. The molecule has 1 amide bonds. The van der Waals surface area contributed by atoms with E-state index in [2.05, 4.69) is 26.1 Å². The molecule has 0 aromatic heterocycles. The molecule has 0 spiro atoms. The Hall–Kier alpha value is -1.78.